The van der Waals surface area contributed by atoms with Crippen LogP contribution in [0.15, 0.2) is 12.1 Å². The second kappa shape index (κ2) is 3.97. The first-order valence-electron chi connectivity index (χ1n) is 5.05. The minimum absolute atomic E-state index is 0.0931. The molecule has 0 aliphatic rings. The molecule has 0 unspecified atom stereocenters. The fraction of sp³-hybridized carbons (Fsp3) is 0.462. The lowest BCUT2D eigenvalue weighted by atomic mass is 9.85. The maximum absolute atomic E-state index is 12.1. The summed E-state index contributed by atoms with van der Waals surface area (Å²) in [4.78, 5) is 12.1. The Kier molecular flexibility index (Phi) is 3.25. The van der Waals surface area contributed by atoms with Gasteiger partial charge in [0, 0.05) is 11.0 Å². The predicted molar refractivity (Wildman–Crippen MR) is 64.7 cm³/mol. The molecule has 1 aromatic carbocycles. The molecule has 0 saturated carbocycles. The first kappa shape index (κ1) is 12.3. The molecule has 0 N–H and O–H groups in total. The van der Waals surface area contributed by atoms with Crippen LogP contribution in [0.25, 0.3) is 0 Å². The SMILES string of the molecule is Cc1cc(Cl)c(C(=O)C(C)(C)C)cc1C. The molecule has 82 valence electrons. The summed E-state index contributed by atoms with van der Waals surface area (Å²) < 4.78 is 0. The number of hydrogen-bond acceptors (Lipinski definition) is 1. The Morgan fingerprint density at radius 3 is 2.07 bits per heavy atom. The van der Waals surface area contributed by atoms with Gasteiger partial charge in [-0.3, -0.25) is 4.79 Å². The van der Waals surface area contributed by atoms with Gasteiger partial charge < -0.3 is 0 Å². The van der Waals surface area contributed by atoms with E-state index in [2.05, 4.69) is 0 Å². The molecule has 1 aromatic rings. The van der Waals surface area contributed by atoms with E-state index in [0.29, 0.717) is 10.6 Å². The average Bonchev–Trinajstić information content (AvgIpc) is 2.08. The molecule has 1 rings (SSSR count). The third kappa shape index (κ3) is 2.60. The summed E-state index contributed by atoms with van der Waals surface area (Å²) in [6.45, 7) is 9.69. The highest BCUT2D eigenvalue weighted by atomic mass is 35.5. The Labute approximate surface area is 96.5 Å². The molecular formula is C13H17ClO. The minimum Gasteiger partial charge on any atom is -0.294 e. The van der Waals surface area contributed by atoms with Crippen molar-refractivity contribution in [3.8, 4) is 0 Å². The largest absolute Gasteiger partial charge is 0.294 e. The van der Waals surface area contributed by atoms with Crippen LogP contribution < -0.4 is 0 Å². The topological polar surface area (TPSA) is 17.1 Å². The molecule has 0 heterocycles. The molecule has 0 amide bonds. The lowest BCUT2D eigenvalue weighted by Crippen LogP contribution is -2.20. The van der Waals surface area contributed by atoms with Crippen LogP contribution in [-0.2, 0) is 0 Å². The zero-order valence-electron chi connectivity index (χ0n) is 9.94. The highest BCUT2D eigenvalue weighted by Crippen LogP contribution is 2.28. The molecule has 0 radical (unpaired) electrons. The fourth-order valence-corrected chi connectivity index (χ4v) is 1.66. The highest BCUT2D eigenvalue weighted by Gasteiger charge is 2.25. The highest BCUT2D eigenvalue weighted by molar-refractivity contribution is 6.34. The molecule has 0 spiro atoms. The van der Waals surface area contributed by atoms with Crippen molar-refractivity contribution in [1.82, 2.24) is 0 Å². The van der Waals surface area contributed by atoms with Crippen molar-refractivity contribution in [2.24, 2.45) is 5.41 Å². The van der Waals surface area contributed by atoms with Crippen LogP contribution >= 0.6 is 11.6 Å². The van der Waals surface area contributed by atoms with Gasteiger partial charge in [0.05, 0.1) is 5.02 Å². The number of carbonyl (C=O) groups is 1. The molecule has 0 atom stereocenters. The Morgan fingerprint density at radius 2 is 1.60 bits per heavy atom. The summed E-state index contributed by atoms with van der Waals surface area (Å²) in [6.07, 6.45) is 0. The first-order valence-corrected chi connectivity index (χ1v) is 5.43. The average molecular weight is 225 g/mol. The minimum atomic E-state index is -0.384. The second-order valence-corrected chi connectivity index (χ2v) is 5.40. The van der Waals surface area contributed by atoms with Gasteiger partial charge in [0.1, 0.15) is 0 Å². The van der Waals surface area contributed by atoms with Crippen LogP contribution in [0.5, 0.6) is 0 Å². The third-order valence-corrected chi connectivity index (χ3v) is 2.82. The standard InChI is InChI=1S/C13H17ClO/c1-8-6-10(11(14)7-9(8)2)12(15)13(3,4)5/h6-7H,1-5H3. The van der Waals surface area contributed by atoms with E-state index in [0.717, 1.165) is 11.1 Å². The summed E-state index contributed by atoms with van der Waals surface area (Å²) in [6, 6.07) is 3.74. The molecule has 0 aliphatic carbocycles. The summed E-state index contributed by atoms with van der Waals surface area (Å²) in [5.41, 5.74) is 2.47. The number of Topliss-reactive ketones (excluding diaryl/α,β-unsaturated/α-hetero) is 1. The molecule has 0 saturated heterocycles. The van der Waals surface area contributed by atoms with Crippen LogP contribution in [-0.4, -0.2) is 5.78 Å². The zero-order valence-corrected chi connectivity index (χ0v) is 10.7. The number of rotatable bonds is 1. The fourth-order valence-electron chi connectivity index (χ4n) is 1.36. The van der Waals surface area contributed by atoms with E-state index in [4.69, 9.17) is 11.6 Å². The van der Waals surface area contributed by atoms with Crippen molar-refractivity contribution < 1.29 is 4.79 Å². The van der Waals surface area contributed by atoms with E-state index in [1.54, 1.807) is 0 Å². The summed E-state index contributed by atoms with van der Waals surface area (Å²) in [5.74, 6) is 0.0931. The van der Waals surface area contributed by atoms with Gasteiger partial charge in [-0.2, -0.15) is 0 Å². The summed E-state index contributed by atoms with van der Waals surface area (Å²) in [5, 5.41) is 0.554. The Bertz CT molecular complexity index is 400. The number of aryl methyl sites for hydroxylation is 2. The van der Waals surface area contributed by atoms with E-state index in [1.165, 1.54) is 0 Å². The van der Waals surface area contributed by atoms with Crippen molar-refractivity contribution in [1.29, 1.82) is 0 Å². The number of carbonyl (C=O) groups excluding carboxylic acids is 1. The van der Waals surface area contributed by atoms with Crippen molar-refractivity contribution in [3.63, 3.8) is 0 Å². The third-order valence-electron chi connectivity index (χ3n) is 2.51. The molecule has 0 fully saturated rings. The van der Waals surface area contributed by atoms with E-state index in [-0.39, 0.29) is 11.2 Å². The van der Waals surface area contributed by atoms with E-state index in [9.17, 15) is 4.79 Å². The van der Waals surface area contributed by atoms with Gasteiger partial charge in [0.25, 0.3) is 0 Å². The van der Waals surface area contributed by atoms with Gasteiger partial charge in [-0.15, -0.1) is 0 Å². The quantitative estimate of drug-likeness (QED) is 0.654. The monoisotopic (exact) mass is 224 g/mol. The van der Waals surface area contributed by atoms with Crippen LogP contribution in [0.4, 0.5) is 0 Å². The maximum atomic E-state index is 12.1. The number of ketones is 1. The lowest BCUT2D eigenvalue weighted by molar-refractivity contribution is 0.0858. The van der Waals surface area contributed by atoms with Gasteiger partial charge >= 0.3 is 0 Å². The number of halogens is 1. The summed E-state index contributed by atoms with van der Waals surface area (Å²) in [7, 11) is 0. The van der Waals surface area contributed by atoms with Gasteiger partial charge in [0.15, 0.2) is 5.78 Å². The maximum Gasteiger partial charge on any atom is 0.169 e. The van der Waals surface area contributed by atoms with E-state index in [1.807, 2.05) is 46.8 Å². The molecule has 15 heavy (non-hydrogen) atoms. The van der Waals surface area contributed by atoms with Crippen molar-refractivity contribution >= 4 is 17.4 Å². The van der Waals surface area contributed by atoms with Gasteiger partial charge in [-0.25, -0.2) is 0 Å². The molecule has 0 aliphatic heterocycles. The normalized spacial score (nSPS) is 11.6. The summed E-state index contributed by atoms with van der Waals surface area (Å²) >= 11 is 6.08. The molecular weight excluding hydrogens is 208 g/mol. The van der Waals surface area contributed by atoms with Crippen LogP contribution in [0.3, 0.4) is 0 Å². The first-order chi connectivity index (χ1) is 6.73. The van der Waals surface area contributed by atoms with Crippen LogP contribution in [0, 0.1) is 19.3 Å². The molecule has 0 bridgehead atoms. The zero-order chi connectivity index (χ0) is 11.8. The van der Waals surface area contributed by atoms with Gasteiger partial charge in [-0.1, -0.05) is 32.4 Å². The number of hydrogen-bond donors (Lipinski definition) is 0. The van der Waals surface area contributed by atoms with E-state index >= 15 is 0 Å². The number of benzene rings is 1. The van der Waals surface area contributed by atoms with Gasteiger partial charge in [0.2, 0.25) is 0 Å². The lowest BCUT2D eigenvalue weighted by Gasteiger charge is -2.18. The second-order valence-electron chi connectivity index (χ2n) is 5.00. The van der Waals surface area contributed by atoms with Crippen molar-refractivity contribution in [2.45, 2.75) is 34.6 Å². The molecule has 2 heteroatoms. The van der Waals surface area contributed by atoms with Crippen molar-refractivity contribution in [3.05, 3.63) is 33.8 Å². The molecule has 1 nitrogen and oxygen atoms in total. The smallest absolute Gasteiger partial charge is 0.169 e. The predicted octanol–water partition coefficient (Wildman–Crippen LogP) is 4.19. The van der Waals surface area contributed by atoms with Gasteiger partial charge in [-0.05, 0) is 37.1 Å². The van der Waals surface area contributed by atoms with E-state index < -0.39 is 0 Å². The van der Waals surface area contributed by atoms with Crippen LogP contribution in [0.1, 0.15) is 42.3 Å². The van der Waals surface area contributed by atoms with Crippen molar-refractivity contribution in [2.75, 3.05) is 0 Å². The Balaban J connectivity index is 3.28. The van der Waals surface area contributed by atoms with Crippen LogP contribution in [0.2, 0.25) is 5.02 Å². The Morgan fingerprint density at radius 1 is 1.13 bits per heavy atom. The Hall–Kier alpha value is -0.820. The molecule has 0 aromatic heterocycles.